The third-order valence-corrected chi connectivity index (χ3v) is 4.37. The second kappa shape index (κ2) is 8.44. The first-order chi connectivity index (χ1) is 9.52. The molecule has 1 aliphatic heterocycles. The molecule has 0 saturated carbocycles. The van der Waals surface area contributed by atoms with Crippen LogP contribution in [0.5, 0.6) is 0 Å². The van der Waals surface area contributed by atoms with Gasteiger partial charge < -0.3 is 10.4 Å². The molecule has 1 atom stereocenters. The number of rotatable bonds is 6. The molecular weight excluding hydrogens is 359 g/mol. The summed E-state index contributed by atoms with van der Waals surface area (Å²) in [6.07, 6.45) is 1.12. The standard InChI is InChI=1S/C15H22BrFN2O.ClH/c1-15(4-5-18-10-15)11-19(6-7-20)9-12-8-13(16)2-3-14(12)17;/h2-3,8,18,20H,4-7,9-11H2,1H3;1H. The Hall–Kier alpha value is -0.200. The number of hydrogen-bond acceptors (Lipinski definition) is 3. The molecule has 2 N–H and O–H groups in total. The molecule has 0 spiro atoms. The molecule has 1 heterocycles. The van der Waals surface area contributed by atoms with Crippen LogP contribution in [0.4, 0.5) is 4.39 Å². The summed E-state index contributed by atoms with van der Waals surface area (Å²) >= 11 is 3.38. The van der Waals surface area contributed by atoms with Gasteiger partial charge in [-0.15, -0.1) is 12.4 Å². The lowest BCUT2D eigenvalue weighted by Crippen LogP contribution is -2.38. The van der Waals surface area contributed by atoms with Gasteiger partial charge in [0.1, 0.15) is 5.82 Å². The van der Waals surface area contributed by atoms with Gasteiger partial charge in [0.2, 0.25) is 0 Å². The second-order valence-corrected chi connectivity index (χ2v) is 6.82. The molecule has 1 saturated heterocycles. The van der Waals surface area contributed by atoms with Crippen molar-refractivity contribution >= 4 is 28.3 Å². The Labute approximate surface area is 140 Å². The van der Waals surface area contributed by atoms with Gasteiger partial charge in [0.15, 0.2) is 0 Å². The summed E-state index contributed by atoms with van der Waals surface area (Å²) in [4.78, 5) is 2.14. The van der Waals surface area contributed by atoms with Gasteiger partial charge in [0, 0.05) is 36.2 Å². The van der Waals surface area contributed by atoms with E-state index < -0.39 is 0 Å². The van der Waals surface area contributed by atoms with Gasteiger partial charge >= 0.3 is 0 Å². The third-order valence-electron chi connectivity index (χ3n) is 3.88. The Morgan fingerprint density at radius 2 is 2.24 bits per heavy atom. The van der Waals surface area contributed by atoms with Crippen LogP contribution >= 0.6 is 28.3 Å². The highest BCUT2D eigenvalue weighted by molar-refractivity contribution is 9.10. The lowest BCUT2D eigenvalue weighted by atomic mass is 9.89. The molecule has 0 aromatic heterocycles. The van der Waals surface area contributed by atoms with Crippen LogP contribution in [0, 0.1) is 11.2 Å². The van der Waals surface area contributed by atoms with E-state index in [9.17, 15) is 9.50 Å². The SMILES string of the molecule is CC1(CN(CCO)Cc2cc(Br)ccc2F)CCNC1.Cl. The number of nitrogens with zero attached hydrogens (tertiary/aromatic N) is 1. The van der Waals surface area contributed by atoms with Crippen LogP contribution < -0.4 is 5.32 Å². The fourth-order valence-electron chi connectivity index (χ4n) is 2.80. The summed E-state index contributed by atoms with van der Waals surface area (Å²) in [7, 11) is 0. The van der Waals surface area contributed by atoms with Crippen molar-refractivity contribution in [3.63, 3.8) is 0 Å². The number of hydrogen-bond donors (Lipinski definition) is 2. The fraction of sp³-hybridized carbons (Fsp3) is 0.600. The Bertz CT molecular complexity index is 455. The van der Waals surface area contributed by atoms with Crippen LogP contribution in [-0.2, 0) is 6.54 Å². The Kier molecular flexibility index (Phi) is 7.57. The van der Waals surface area contributed by atoms with E-state index in [0.29, 0.717) is 18.7 Å². The first kappa shape index (κ1) is 18.8. The highest BCUT2D eigenvalue weighted by Gasteiger charge is 2.30. The monoisotopic (exact) mass is 380 g/mol. The fourth-order valence-corrected chi connectivity index (χ4v) is 3.21. The number of benzene rings is 1. The zero-order valence-corrected chi connectivity index (χ0v) is 14.6. The summed E-state index contributed by atoms with van der Waals surface area (Å²) in [5.74, 6) is -0.189. The molecule has 1 aliphatic rings. The van der Waals surface area contributed by atoms with Crippen molar-refractivity contribution in [2.45, 2.75) is 19.9 Å². The molecule has 1 unspecified atom stereocenters. The largest absolute Gasteiger partial charge is 0.395 e. The van der Waals surface area contributed by atoms with E-state index >= 15 is 0 Å². The van der Waals surface area contributed by atoms with Crippen LogP contribution in [0.2, 0.25) is 0 Å². The van der Waals surface area contributed by atoms with E-state index in [4.69, 9.17) is 0 Å². The Balaban J connectivity index is 0.00000220. The molecule has 1 aromatic rings. The minimum Gasteiger partial charge on any atom is -0.395 e. The van der Waals surface area contributed by atoms with Crippen LogP contribution in [-0.4, -0.2) is 42.8 Å². The lowest BCUT2D eigenvalue weighted by Gasteiger charge is -2.31. The molecule has 0 aliphatic carbocycles. The normalized spacial score (nSPS) is 21.6. The lowest BCUT2D eigenvalue weighted by molar-refractivity contribution is 0.136. The molecule has 3 nitrogen and oxygen atoms in total. The molecule has 0 bridgehead atoms. The number of halogens is 3. The molecule has 120 valence electrons. The first-order valence-corrected chi connectivity index (χ1v) is 7.80. The van der Waals surface area contributed by atoms with E-state index in [1.165, 1.54) is 6.07 Å². The molecule has 0 radical (unpaired) electrons. The smallest absolute Gasteiger partial charge is 0.127 e. The van der Waals surface area contributed by atoms with Gasteiger partial charge in [-0.05, 0) is 36.6 Å². The average Bonchev–Trinajstić information content (AvgIpc) is 2.81. The van der Waals surface area contributed by atoms with Crippen molar-refractivity contribution in [3.05, 3.63) is 34.1 Å². The molecular formula is C15H23BrClFN2O. The number of aliphatic hydroxyl groups is 1. The highest BCUT2D eigenvalue weighted by atomic mass is 79.9. The maximum Gasteiger partial charge on any atom is 0.127 e. The number of nitrogens with one attached hydrogen (secondary N) is 1. The maximum absolute atomic E-state index is 13.9. The Morgan fingerprint density at radius 3 is 2.86 bits per heavy atom. The first-order valence-electron chi connectivity index (χ1n) is 7.00. The second-order valence-electron chi connectivity index (χ2n) is 5.91. The molecule has 0 amide bonds. The minimum absolute atomic E-state index is 0. The van der Waals surface area contributed by atoms with Crippen molar-refractivity contribution in [1.29, 1.82) is 0 Å². The van der Waals surface area contributed by atoms with Gasteiger partial charge in [0.05, 0.1) is 6.61 Å². The topological polar surface area (TPSA) is 35.5 Å². The maximum atomic E-state index is 13.9. The van der Waals surface area contributed by atoms with E-state index in [-0.39, 0.29) is 30.2 Å². The van der Waals surface area contributed by atoms with Crippen LogP contribution in [0.3, 0.4) is 0 Å². The van der Waals surface area contributed by atoms with Gasteiger partial charge in [-0.3, -0.25) is 4.90 Å². The van der Waals surface area contributed by atoms with Crippen LogP contribution in [0.1, 0.15) is 18.9 Å². The van der Waals surface area contributed by atoms with Crippen molar-refractivity contribution in [2.75, 3.05) is 32.8 Å². The summed E-state index contributed by atoms with van der Waals surface area (Å²) in [6, 6.07) is 5.00. The van der Waals surface area contributed by atoms with Crippen molar-refractivity contribution < 1.29 is 9.50 Å². The summed E-state index contributed by atoms with van der Waals surface area (Å²) < 4.78 is 14.7. The van der Waals surface area contributed by atoms with E-state index in [0.717, 1.165) is 30.5 Å². The van der Waals surface area contributed by atoms with E-state index in [1.807, 2.05) is 6.07 Å². The van der Waals surface area contributed by atoms with Crippen molar-refractivity contribution in [1.82, 2.24) is 10.2 Å². The molecule has 21 heavy (non-hydrogen) atoms. The molecule has 2 rings (SSSR count). The van der Waals surface area contributed by atoms with E-state index in [1.54, 1.807) is 6.07 Å². The highest BCUT2D eigenvalue weighted by Crippen LogP contribution is 2.27. The summed E-state index contributed by atoms with van der Waals surface area (Å²) in [5, 5.41) is 12.6. The third kappa shape index (κ3) is 5.49. The van der Waals surface area contributed by atoms with Crippen molar-refractivity contribution in [2.24, 2.45) is 5.41 Å². The summed E-state index contributed by atoms with van der Waals surface area (Å²) in [5.41, 5.74) is 0.875. The zero-order chi connectivity index (χ0) is 14.6. The zero-order valence-electron chi connectivity index (χ0n) is 12.2. The van der Waals surface area contributed by atoms with Gasteiger partial charge in [0.25, 0.3) is 0 Å². The minimum atomic E-state index is -0.189. The van der Waals surface area contributed by atoms with Gasteiger partial charge in [-0.25, -0.2) is 4.39 Å². The van der Waals surface area contributed by atoms with Gasteiger partial charge in [-0.1, -0.05) is 22.9 Å². The Morgan fingerprint density at radius 1 is 1.48 bits per heavy atom. The van der Waals surface area contributed by atoms with Gasteiger partial charge in [-0.2, -0.15) is 0 Å². The van der Waals surface area contributed by atoms with Crippen LogP contribution in [0.15, 0.2) is 22.7 Å². The molecule has 1 fully saturated rings. The van der Waals surface area contributed by atoms with E-state index in [2.05, 4.69) is 33.1 Å². The average molecular weight is 382 g/mol. The quantitative estimate of drug-likeness (QED) is 0.795. The molecule has 1 aromatic carbocycles. The predicted octanol–water partition coefficient (Wildman–Crippen LogP) is 2.80. The van der Waals surface area contributed by atoms with Crippen LogP contribution in [0.25, 0.3) is 0 Å². The summed E-state index contributed by atoms with van der Waals surface area (Å²) in [6.45, 7) is 6.33. The predicted molar refractivity (Wildman–Crippen MR) is 89.3 cm³/mol. The number of aliphatic hydroxyl groups excluding tert-OH is 1. The van der Waals surface area contributed by atoms with Crippen molar-refractivity contribution in [3.8, 4) is 0 Å². The molecule has 6 heteroatoms.